The largest absolute Gasteiger partial charge is 0.330 e. The van der Waals surface area contributed by atoms with Crippen molar-refractivity contribution in [2.75, 3.05) is 26.0 Å². The second-order valence-electron chi connectivity index (χ2n) is 9.88. The molecular weight excluding hydrogens is 474 g/mol. The number of likely N-dealkylation sites (N-methyl/N-ethyl adjacent to an activating group) is 1. The van der Waals surface area contributed by atoms with Gasteiger partial charge in [0.15, 0.2) is 5.82 Å². The average molecular weight is 506 g/mol. The smallest absolute Gasteiger partial charge is 0.319 e. The number of nitrogens with zero attached hydrogens (tertiary/aromatic N) is 5. The topological polar surface area (TPSA) is 126 Å². The highest BCUT2D eigenvalue weighted by Gasteiger charge is 2.45. The molecule has 3 aromatic rings. The molecule has 2 N–H and O–H groups in total. The summed E-state index contributed by atoms with van der Waals surface area (Å²) in [5, 5.41) is 21.4. The van der Waals surface area contributed by atoms with Crippen LogP contribution in [0.1, 0.15) is 47.1 Å². The first-order chi connectivity index (χ1) is 17.5. The fourth-order valence-electron chi connectivity index (χ4n) is 4.82. The molecule has 0 saturated carbocycles. The van der Waals surface area contributed by atoms with Gasteiger partial charge in [0.25, 0.3) is 11.6 Å². The summed E-state index contributed by atoms with van der Waals surface area (Å²) < 4.78 is 1.68. The van der Waals surface area contributed by atoms with Crippen LogP contribution in [-0.4, -0.2) is 57.1 Å². The minimum Gasteiger partial charge on any atom is -0.330 e. The summed E-state index contributed by atoms with van der Waals surface area (Å²) in [6, 6.07) is 14.8. The van der Waals surface area contributed by atoms with Crippen LogP contribution in [0.3, 0.4) is 0 Å². The Morgan fingerprint density at radius 1 is 1.14 bits per heavy atom. The van der Waals surface area contributed by atoms with Gasteiger partial charge in [0.2, 0.25) is 0 Å². The van der Waals surface area contributed by atoms with Crippen molar-refractivity contribution >= 4 is 23.4 Å². The molecular formula is C26H31N7O4. The number of hydrogen-bond donors (Lipinski definition) is 2. The van der Waals surface area contributed by atoms with E-state index in [9.17, 15) is 19.7 Å². The molecule has 1 aliphatic heterocycles. The van der Waals surface area contributed by atoms with Crippen molar-refractivity contribution in [1.82, 2.24) is 24.9 Å². The number of nitro groups is 1. The first kappa shape index (κ1) is 25.8. The number of urea groups is 1. The number of non-ortho nitro benzene ring substituents is 1. The van der Waals surface area contributed by atoms with Crippen molar-refractivity contribution in [3.8, 4) is 0 Å². The number of nitrogens with one attached hydrogen (secondary N) is 2. The predicted octanol–water partition coefficient (Wildman–Crippen LogP) is 3.64. The SMILES string of the molecule is CN(C)C[C@@H](NC(=O)N1Cc2c(NC(=O)c3ccc([N+](=O)[O-])cc3)nn(C)c2C1(C)C)c1ccccc1. The van der Waals surface area contributed by atoms with Gasteiger partial charge in [0, 0.05) is 36.9 Å². The first-order valence-corrected chi connectivity index (χ1v) is 11.9. The van der Waals surface area contributed by atoms with E-state index in [0.717, 1.165) is 16.8 Å². The number of benzene rings is 2. The molecule has 1 aromatic heterocycles. The lowest BCUT2D eigenvalue weighted by Crippen LogP contribution is -2.49. The lowest BCUT2D eigenvalue weighted by atomic mass is 10.0. The second-order valence-corrected chi connectivity index (χ2v) is 9.88. The number of amides is 3. The zero-order valence-corrected chi connectivity index (χ0v) is 21.6. The maximum Gasteiger partial charge on any atom is 0.319 e. The lowest BCUT2D eigenvalue weighted by molar-refractivity contribution is -0.384. The van der Waals surface area contributed by atoms with E-state index in [-0.39, 0.29) is 29.9 Å². The van der Waals surface area contributed by atoms with Gasteiger partial charge in [-0.15, -0.1) is 0 Å². The highest BCUT2D eigenvalue weighted by molar-refractivity contribution is 6.04. The zero-order valence-electron chi connectivity index (χ0n) is 21.6. The molecule has 37 heavy (non-hydrogen) atoms. The van der Waals surface area contributed by atoms with Gasteiger partial charge in [0.05, 0.1) is 28.7 Å². The molecule has 1 atom stereocenters. The summed E-state index contributed by atoms with van der Waals surface area (Å²) in [4.78, 5) is 40.6. The molecule has 194 valence electrons. The van der Waals surface area contributed by atoms with E-state index in [0.29, 0.717) is 12.4 Å². The fraction of sp³-hybridized carbons (Fsp3) is 0.346. The van der Waals surface area contributed by atoms with Crippen LogP contribution in [0.15, 0.2) is 54.6 Å². The van der Waals surface area contributed by atoms with E-state index < -0.39 is 16.4 Å². The minimum atomic E-state index is -0.684. The molecule has 3 amide bonds. The number of carbonyl (C=O) groups excluding carboxylic acids is 2. The molecule has 0 spiro atoms. The summed E-state index contributed by atoms with van der Waals surface area (Å²) >= 11 is 0. The van der Waals surface area contributed by atoms with Gasteiger partial charge in [-0.3, -0.25) is 19.6 Å². The molecule has 0 radical (unpaired) electrons. The standard InChI is InChI=1S/C26H31N7O4/c1-26(2)22-20(15-32(26)25(35)27-21(16-30(3)4)17-9-7-6-8-10-17)23(29-31(22)5)28-24(34)18-11-13-19(14-12-18)33(36)37/h6-14,21H,15-16H2,1-5H3,(H,27,35)(H,28,29,34)/t21-/m1/s1. The summed E-state index contributed by atoms with van der Waals surface area (Å²) in [6.07, 6.45) is 0. The number of aromatic nitrogens is 2. The first-order valence-electron chi connectivity index (χ1n) is 11.9. The van der Waals surface area contributed by atoms with Crippen LogP contribution in [0.4, 0.5) is 16.3 Å². The predicted molar refractivity (Wildman–Crippen MR) is 139 cm³/mol. The number of aryl methyl sites for hydroxylation is 1. The molecule has 2 heterocycles. The summed E-state index contributed by atoms with van der Waals surface area (Å²) in [5.74, 6) is -0.0799. The Morgan fingerprint density at radius 2 is 1.78 bits per heavy atom. The van der Waals surface area contributed by atoms with Crippen molar-refractivity contribution < 1.29 is 14.5 Å². The Kier molecular flexibility index (Phi) is 6.99. The van der Waals surface area contributed by atoms with Gasteiger partial charge in [0.1, 0.15) is 0 Å². The molecule has 0 unspecified atom stereocenters. The van der Waals surface area contributed by atoms with Crippen molar-refractivity contribution in [3.63, 3.8) is 0 Å². The zero-order chi connectivity index (χ0) is 26.9. The highest BCUT2D eigenvalue weighted by atomic mass is 16.6. The second kappa shape index (κ2) is 10.0. The Balaban J connectivity index is 1.55. The lowest BCUT2D eigenvalue weighted by Gasteiger charge is -2.34. The van der Waals surface area contributed by atoms with Crippen LogP contribution in [0, 0.1) is 10.1 Å². The summed E-state index contributed by atoms with van der Waals surface area (Å²) in [6.45, 7) is 4.80. The van der Waals surface area contributed by atoms with Crippen molar-refractivity contribution in [2.45, 2.75) is 32.0 Å². The number of nitro benzene ring substituents is 1. The number of carbonyl (C=O) groups is 2. The van der Waals surface area contributed by atoms with E-state index in [1.165, 1.54) is 24.3 Å². The van der Waals surface area contributed by atoms with E-state index in [2.05, 4.69) is 15.7 Å². The van der Waals surface area contributed by atoms with Crippen LogP contribution in [-0.2, 0) is 19.1 Å². The molecule has 0 fully saturated rings. The van der Waals surface area contributed by atoms with Crippen LogP contribution in [0.25, 0.3) is 0 Å². The molecule has 11 heteroatoms. The Bertz CT molecular complexity index is 1320. The Morgan fingerprint density at radius 3 is 2.38 bits per heavy atom. The van der Waals surface area contributed by atoms with Crippen molar-refractivity contribution in [1.29, 1.82) is 0 Å². The van der Waals surface area contributed by atoms with Gasteiger partial charge in [-0.05, 0) is 45.6 Å². The van der Waals surface area contributed by atoms with Gasteiger partial charge in [-0.25, -0.2) is 4.79 Å². The average Bonchev–Trinajstić information content (AvgIpc) is 3.32. The van der Waals surface area contributed by atoms with Gasteiger partial charge in [-0.1, -0.05) is 30.3 Å². The number of fused-ring (bicyclic) bond motifs is 1. The Labute approximate surface area is 215 Å². The van der Waals surface area contributed by atoms with Crippen LogP contribution < -0.4 is 10.6 Å². The number of hydrogen-bond acceptors (Lipinski definition) is 6. The monoisotopic (exact) mass is 505 g/mol. The van der Waals surface area contributed by atoms with E-state index in [1.807, 2.05) is 63.2 Å². The third-order valence-corrected chi connectivity index (χ3v) is 6.58. The quantitative estimate of drug-likeness (QED) is 0.373. The molecule has 0 saturated heterocycles. The van der Waals surface area contributed by atoms with Gasteiger partial charge in [-0.2, -0.15) is 5.10 Å². The molecule has 0 bridgehead atoms. The highest BCUT2D eigenvalue weighted by Crippen LogP contribution is 2.42. The van der Waals surface area contributed by atoms with Crippen molar-refractivity contribution in [3.05, 3.63) is 87.1 Å². The van der Waals surface area contributed by atoms with E-state index in [1.54, 1.807) is 16.6 Å². The number of rotatable bonds is 7. The van der Waals surface area contributed by atoms with E-state index in [4.69, 9.17) is 0 Å². The molecule has 1 aliphatic rings. The molecule has 0 aliphatic carbocycles. The molecule has 4 rings (SSSR count). The van der Waals surface area contributed by atoms with Crippen LogP contribution in [0.5, 0.6) is 0 Å². The Hall–Kier alpha value is -4.25. The summed E-state index contributed by atoms with van der Waals surface area (Å²) in [7, 11) is 5.70. The maximum atomic E-state index is 13.6. The van der Waals surface area contributed by atoms with Crippen LogP contribution >= 0.6 is 0 Å². The molecule has 11 nitrogen and oxygen atoms in total. The number of anilines is 1. The fourth-order valence-corrected chi connectivity index (χ4v) is 4.82. The van der Waals surface area contributed by atoms with Gasteiger partial charge < -0.3 is 20.4 Å². The molecule has 2 aromatic carbocycles. The maximum absolute atomic E-state index is 13.6. The minimum absolute atomic E-state index is 0.0956. The van der Waals surface area contributed by atoms with Gasteiger partial charge >= 0.3 is 6.03 Å². The normalized spacial score (nSPS) is 14.8. The van der Waals surface area contributed by atoms with Crippen molar-refractivity contribution in [2.24, 2.45) is 7.05 Å². The third kappa shape index (κ3) is 5.17. The van der Waals surface area contributed by atoms with E-state index >= 15 is 0 Å². The third-order valence-electron chi connectivity index (χ3n) is 6.58. The summed E-state index contributed by atoms with van der Waals surface area (Å²) in [5.41, 5.74) is 2.08. The van der Waals surface area contributed by atoms with Crippen LogP contribution in [0.2, 0.25) is 0 Å².